The Morgan fingerprint density at radius 1 is 1.44 bits per heavy atom. The number of likely N-dealkylation sites (N-methyl/N-ethyl adjacent to an activating group) is 1. The van der Waals surface area contributed by atoms with Gasteiger partial charge in [-0.25, -0.2) is 0 Å². The number of nitrogens with zero attached hydrogens (tertiary/aromatic N) is 2. The van der Waals surface area contributed by atoms with Gasteiger partial charge < -0.3 is 20.6 Å². The van der Waals surface area contributed by atoms with E-state index in [0.29, 0.717) is 19.1 Å². The van der Waals surface area contributed by atoms with Crippen LogP contribution in [0.5, 0.6) is 0 Å². The van der Waals surface area contributed by atoms with Crippen LogP contribution >= 0.6 is 0 Å². The Morgan fingerprint density at radius 3 is 2.44 bits per heavy atom. The van der Waals surface area contributed by atoms with Crippen LogP contribution in [0.3, 0.4) is 0 Å². The normalized spacial score (nSPS) is 23.6. The van der Waals surface area contributed by atoms with Crippen molar-refractivity contribution < 1.29 is 5.11 Å². The van der Waals surface area contributed by atoms with Gasteiger partial charge in [0.05, 0.1) is 5.60 Å². The molecule has 0 amide bonds. The van der Waals surface area contributed by atoms with Gasteiger partial charge in [0.2, 0.25) is 0 Å². The van der Waals surface area contributed by atoms with E-state index in [1.54, 1.807) is 0 Å². The molecule has 1 heterocycles. The Hall–Kier alpha value is -0.160. The van der Waals surface area contributed by atoms with Crippen molar-refractivity contribution in [2.75, 3.05) is 39.8 Å². The van der Waals surface area contributed by atoms with Crippen LogP contribution in [-0.2, 0) is 0 Å². The minimum atomic E-state index is -0.753. The first-order valence-corrected chi connectivity index (χ1v) is 6.33. The summed E-state index contributed by atoms with van der Waals surface area (Å²) in [4.78, 5) is 4.74. The molecule has 1 aliphatic heterocycles. The zero-order valence-electron chi connectivity index (χ0n) is 10.9. The van der Waals surface area contributed by atoms with Crippen molar-refractivity contribution in [2.45, 2.75) is 38.3 Å². The molecule has 0 bridgehead atoms. The molecule has 1 unspecified atom stereocenters. The summed E-state index contributed by atoms with van der Waals surface area (Å²) in [5.41, 5.74) is 4.79. The number of hydrogen-bond donors (Lipinski definition) is 2. The third-order valence-corrected chi connectivity index (χ3v) is 3.66. The van der Waals surface area contributed by atoms with Gasteiger partial charge in [0.15, 0.2) is 0 Å². The fourth-order valence-corrected chi connectivity index (χ4v) is 2.41. The lowest BCUT2D eigenvalue weighted by Crippen LogP contribution is -2.50. The van der Waals surface area contributed by atoms with E-state index in [2.05, 4.69) is 23.8 Å². The lowest BCUT2D eigenvalue weighted by atomic mass is 10.0. The minimum absolute atomic E-state index is 0.325. The van der Waals surface area contributed by atoms with Gasteiger partial charge in [-0.3, -0.25) is 0 Å². The number of nitrogens with two attached hydrogens (primary N) is 1. The Bertz CT molecular complexity index is 200. The summed E-state index contributed by atoms with van der Waals surface area (Å²) < 4.78 is 0. The third kappa shape index (κ3) is 4.01. The molecule has 1 fully saturated rings. The first kappa shape index (κ1) is 13.9. The molecule has 0 aliphatic carbocycles. The highest BCUT2D eigenvalue weighted by atomic mass is 16.3. The number of aliphatic hydroxyl groups is 1. The summed E-state index contributed by atoms with van der Waals surface area (Å²) >= 11 is 0. The fourth-order valence-electron chi connectivity index (χ4n) is 2.41. The van der Waals surface area contributed by atoms with E-state index < -0.39 is 5.60 Å². The standard InChI is InChI=1S/C12H27N3O/c1-4-15-7-5-11(6-8-15)14(3)10-12(2,16)9-13/h11,16H,4-10,13H2,1-3H3. The summed E-state index contributed by atoms with van der Waals surface area (Å²) in [6.45, 7) is 8.52. The maximum Gasteiger partial charge on any atom is 0.0867 e. The predicted octanol–water partition coefficient (Wildman–Crippen LogP) is 0.112. The molecule has 4 nitrogen and oxygen atoms in total. The quantitative estimate of drug-likeness (QED) is 0.703. The first-order valence-electron chi connectivity index (χ1n) is 6.33. The largest absolute Gasteiger partial charge is 0.388 e. The molecule has 1 saturated heterocycles. The van der Waals surface area contributed by atoms with Crippen LogP contribution in [0.25, 0.3) is 0 Å². The Balaban J connectivity index is 2.36. The highest BCUT2D eigenvalue weighted by Crippen LogP contribution is 2.17. The topological polar surface area (TPSA) is 52.7 Å². The lowest BCUT2D eigenvalue weighted by Gasteiger charge is -2.38. The van der Waals surface area contributed by atoms with Gasteiger partial charge in [0.1, 0.15) is 0 Å². The summed E-state index contributed by atoms with van der Waals surface area (Å²) in [5, 5.41) is 9.95. The molecule has 0 aromatic rings. The van der Waals surface area contributed by atoms with E-state index >= 15 is 0 Å². The molecule has 0 spiro atoms. The Morgan fingerprint density at radius 2 is 2.00 bits per heavy atom. The van der Waals surface area contributed by atoms with Crippen molar-refractivity contribution in [1.82, 2.24) is 9.80 Å². The van der Waals surface area contributed by atoms with Gasteiger partial charge in [-0.2, -0.15) is 0 Å². The molecule has 1 aliphatic rings. The Labute approximate surface area is 99.4 Å². The van der Waals surface area contributed by atoms with E-state index in [1.807, 2.05) is 6.92 Å². The second kappa shape index (κ2) is 5.96. The van der Waals surface area contributed by atoms with Gasteiger partial charge in [-0.05, 0) is 46.4 Å². The average molecular weight is 229 g/mol. The molecule has 4 heteroatoms. The average Bonchev–Trinajstić information content (AvgIpc) is 2.28. The van der Waals surface area contributed by atoms with Crippen molar-refractivity contribution in [3.63, 3.8) is 0 Å². The number of piperidine rings is 1. The van der Waals surface area contributed by atoms with Crippen molar-refractivity contribution >= 4 is 0 Å². The molecular weight excluding hydrogens is 202 g/mol. The van der Waals surface area contributed by atoms with E-state index in [9.17, 15) is 5.11 Å². The smallest absolute Gasteiger partial charge is 0.0867 e. The number of rotatable bonds is 5. The third-order valence-electron chi connectivity index (χ3n) is 3.66. The second-order valence-corrected chi connectivity index (χ2v) is 5.28. The van der Waals surface area contributed by atoms with E-state index in [1.165, 1.54) is 25.9 Å². The number of hydrogen-bond acceptors (Lipinski definition) is 4. The van der Waals surface area contributed by atoms with Gasteiger partial charge in [-0.1, -0.05) is 6.92 Å². The fraction of sp³-hybridized carbons (Fsp3) is 1.00. The van der Waals surface area contributed by atoms with Crippen LogP contribution in [0.15, 0.2) is 0 Å². The van der Waals surface area contributed by atoms with Crippen molar-refractivity contribution in [2.24, 2.45) is 5.73 Å². The van der Waals surface area contributed by atoms with Crippen LogP contribution < -0.4 is 5.73 Å². The van der Waals surface area contributed by atoms with Crippen LogP contribution in [-0.4, -0.2) is 66.3 Å². The molecule has 0 radical (unpaired) electrons. The zero-order chi connectivity index (χ0) is 12.2. The molecule has 16 heavy (non-hydrogen) atoms. The molecule has 0 aromatic heterocycles. The SMILES string of the molecule is CCN1CCC(N(C)CC(C)(O)CN)CC1. The van der Waals surface area contributed by atoms with Gasteiger partial charge in [0.25, 0.3) is 0 Å². The minimum Gasteiger partial charge on any atom is -0.388 e. The van der Waals surface area contributed by atoms with Gasteiger partial charge in [-0.15, -0.1) is 0 Å². The van der Waals surface area contributed by atoms with E-state index in [4.69, 9.17) is 5.73 Å². The van der Waals surface area contributed by atoms with Crippen molar-refractivity contribution in [3.8, 4) is 0 Å². The number of likely N-dealkylation sites (tertiary alicyclic amines) is 1. The Kier molecular flexibility index (Phi) is 5.18. The van der Waals surface area contributed by atoms with Gasteiger partial charge >= 0.3 is 0 Å². The zero-order valence-corrected chi connectivity index (χ0v) is 10.9. The predicted molar refractivity (Wildman–Crippen MR) is 67.4 cm³/mol. The van der Waals surface area contributed by atoms with E-state index in [0.717, 1.165) is 6.54 Å². The molecule has 1 atom stereocenters. The van der Waals surface area contributed by atoms with Gasteiger partial charge in [0, 0.05) is 19.1 Å². The maximum atomic E-state index is 9.95. The molecule has 3 N–H and O–H groups in total. The lowest BCUT2D eigenvalue weighted by molar-refractivity contribution is 0.0120. The molecular formula is C12H27N3O. The first-order chi connectivity index (χ1) is 7.48. The summed E-state index contributed by atoms with van der Waals surface area (Å²) in [7, 11) is 2.09. The van der Waals surface area contributed by atoms with Crippen LogP contribution in [0.4, 0.5) is 0 Å². The highest BCUT2D eigenvalue weighted by Gasteiger charge is 2.27. The molecule has 96 valence electrons. The summed E-state index contributed by atoms with van der Waals surface area (Å²) in [6, 6.07) is 0.598. The molecule has 1 rings (SSSR count). The summed E-state index contributed by atoms with van der Waals surface area (Å²) in [6.07, 6.45) is 2.40. The van der Waals surface area contributed by atoms with Crippen LogP contribution in [0.2, 0.25) is 0 Å². The molecule has 0 aromatic carbocycles. The van der Waals surface area contributed by atoms with Crippen LogP contribution in [0, 0.1) is 0 Å². The van der Waals surface area contributed by atoms with E-state index in [-0.39, 0.29) is 0 Å². The van der Waals surface area contributed by atoms with Crippen molar-refractivity contribution in [3.05, 3.63) is 0 Å². The highest BCUT2D eigenvalue weighted by molar-refractivity contribution is 4.83. The second-order valence-electron chi connectivity index (χ2n) is 5.28. The maximum absolute atomic E-state index is 9.95. The summed E-state index contributed by atoms with van der Waals surface area (Å²) in [5.74, 6) is 0. The monoisotopic (exact) mass is 229 g/mol. The van der Waals surface area contributed by atoms with Crippen LogP contribution in [0.1, 0.15) is 26.7 Å². The molecule has 0 saturated carbocycles. The van der Waals surface area contributed by atoms with Crippen molar-refractivity contribution in [1.29, 1.82) is 0 Å².